The summed E-state index contributed by atoms with van der Waals surface area (Å²) in [5, 5.41) is 0. The Morgan fingerprint density at radius 3 is 2.33 bits per heavy atom. The van der Waals surface area contributed by atoms with Crippen LogP contribution in [-0.2, 0) is 0 Å². The third kappa shape index (κ3) is 1.76. The topological polar surface area (TPSA) is 26.0 Å². The van der Waals surface area contributed by atoms with Crippen LogP contribution in [-0.4, -0.2) is 11.5 Å². The number of hydrogen-bond acceptors (Lipinski definition) is 1. The van der Waals surface area contributed by atoms with Gasteiger partial charge in [-0.05, 0) is 31.6 Å². The smallest absolute Gasteiger partial charge is 0.248 e. The van der Waals surface area contributed by atoms with E-state index < -0.39 is 5.92 Å². The number of halogens is 2. The molecule has 0 amide bonds. The van der Waals surface area contributed by atoms with Crippen LogP contribution < -0.4 is 5.73 Å². The molecular formula is C9H15F2N. The highest BCUT2D eigenvalue weighted by Gasteiger charge is 2.46. The number of rotatable bonds is 2. The highest BCUT2D eigenvalue weighted by Crippen LogP contribution is 2.46. The van der Waals surface area contributed by atoms with Gasteiger partial charge in [0, 0.05) is 18.4 Å². The van der Waals surface area contributed by atoms with Gasteiger partial charge in [0.2, 0.25) is 5.92 Å². The highest BCUT2D eigenvalue weighted by molar-refractivity contribution is 5.01. The van der Waals surface area contributed by atoms with Crippen molar-refractivity contribution in [3.63, 3.8) is 0 Å². The van der Waals surface area contributed by atoms with Crippen molar-refractivity contribution in [3.8, 4) is 0 Å². The van der Waals surface area contributed by atoms with E-state index in [4.69, 9.17) is 5.73 Å². The molecule has 2 N–H and O–H groups in total. The van der Waals surface area contributed by atoms with E-state index >= 15 is 0 Å². The Bertz CT molecular complexity index is 187. The molecule has 0 aliphatic heterocycles. The van der Waals surface area contributed by atoms with Gasteiger partial charge >= 0.3 is 0 Å². The van der Waals surface area contributed by atoms with Crippen LogP contribution in [0.5, 0.6) is 0 Å². The van der Waals surface area contributed by atoms with Gasteiger partial charge in [0.15, 0.2) is 0 Å². The summed E-state index contributed by atoms with van der Waals surface area (Å²) in [5.74, 6) is -2.21. The molecule has 0 aromatic rings. The zero-order chi connectivity index (χ0) is 8.82. The van der Waals surface area contributed by atoms with Crippen molar-refractivity contribution in [2.45, 2.75) is 50.0 Å². The molecule has 1 atom stereocenters. The summed E-state index contributed by atoms with van der Waals surface area (Å²) < 4.78 is 25.5. The Balaban J connectivity index is 1.84. The Labute approximate surface area is 71.3 Å². The van der Waals surface area contributed by atoms with E-state index in [0.717, 1.165) is 19.3 Å². The minimum atomic E-state index is -2.39. The summed E-state index contributed by atoms with van der Waals surface area (Å²) in [5.41, 5.74) is 5.82. The van der Waals surface area contributed by atoms with E-state index in [0.29, 0.717) is 6.42 Å². The third-order valence-corrected chi connectivity index (χ3v) is 3.09. The Morgan fingerprint density at radius 1 is 1.25 bits per heavy atom. The van der Waals surface area contributed by atoms with Gasteiger partial charge < -0.3 is 5.73 Å². The molecule has 2 aliphatic rings. The first-order valence-corrected chi connectivity index (χ1v) is 4.66. The average Bonchev–Trinajstić information content (AvgIpc) is 2.53. The van der Waals surface area contributed by atoms with Gasteiger partial charge in [-0.1, -0.05) is 0 Å². The van der Waals surface area contributed by atoms with Gasteiger partial charge in [0.1, 0.15) is 0 Å². The quantitative estimate of drug-likeness (QED) is 0.684. The number of hydrogen-bond donors (Lipinski definition) is 1. The first kappa shape index (κ1) is 8.42. The molecule has 70 valence electrons. The van der Waals surface area contributed by atoms with E-state index in [1.165, 1.54) is 0 Å². The van der Waals surface area contributed by atoms with Crippen molar-refractivity contribution in [3.05, 3.63) is 0 Å². The van der Waals surface area contributed by atoms with Crippen LogP contribution in [0.4, 0.5) is 8.78 Å². The van der Waals surface area contributed by atoms with Gasteiger partial charge in [0.05, 0.1) is 0 Å². The van der Waals surface area contributed by atoms with Gasteiger partial charge in [-0.2, -0.15) is 0 Å². The second-order valence-electron chi connectivity index (χ2n) is 4.53. The zero-order valence-electron chi connectivity index (χ0n) is 7.15. The maximum Gasteiger partial charge on any atom is 0.248 e. The predicted molar refractivity (Wildman–Crippen MR) is 43.1 cm³/mol. The third-order valence-electron chi connectivity index (χ3n) is 3.09. The highest BCUT2D eigenvalue weighted by atomic mass is 19.3. The number of nitrogens with two attached hydrogens (primary N) is 1. The zero-order valence-corrected chi connectivity index (χ0v) is 7.15. The molecule has 1 nitrogen and oxygen atoms in total. The van der Waals surface area contributed by atoms with Crippen molar-refractivity contribution >= 4 is 0 Å². The van der Waals surface area contributed by atoms with Crippen LogP contribution in [0.2, 0.25) is 0 Å². The first-order chi connectivity index (χ1) is 5.49. The molecule has 0 radical (unpaired) electrons. The summed E-state index contributed by atoms with van der Waals surface area (Å²) in [7, 11) is 0. The molecule has 2 aliphatic carbocycles. The van der Waals surface area contributed by atoms with Crippen LogP contribution >= 0.6 is 0 Å². The van der Waals surface area contributed by atoms with Crippen molar-refractivity contribution in [2.24, 2.45) is 11.7 Å². The summed E-state index contributed by atoms with van der Waals surface area (Å²) in [6.07, 6.45) is 3.72. The van der Waals surface area contributed by atoms with Crippen LogP contribution in [0.15, 0.2) is 0 Å². The van der Waals surface area contributed by atoms with Crippen LogP contribution in [0.1, 0.15) is 38.5 Å². The van der Waals surface area contributed by atoms with Crippen molar-refractivity contribution in [2.75, 3.05) is 0 Å². The summed E-state index contributed by atoms with van der Waals surface area (Å²) in [6.45, 7) is 0. The van der Waals surface area contributed by atoms with Crippen molar-refractivity contribution in [1.29, 1.82) is 0 Å². The van der Waals surface area contributed by atoms with Crippen molar-refractivity contribution < 1.29 is 8.78 Å². The predicted octanol–water partition coefficient (Wildman–Crippen LogP) is 2.30. The minimum absolute atomic E-state index is 0.0505. The molecule has 0 bridgehead atoms. The van der Waals surface area contributed by atoms with Gasteiger partial charge in [0.25, 0.3) is 0 Å². The maximum absolute atomic E-state index is 12.7. The minimum Gasteiger partial charge on any atom is -0.325 e. The first-order valence-electron chi connectivity index (χ1n) is 4.66. The average molecular weight is 175 g/mol. The monoisotopic (exact) mass is 175 g/mol. The van der Waals surface area contributed by atoms with Crippen LogP contribution in [0.25, 0.3) is 0 Å². The lowest BCUT2D eigenvalue weighted by Crippen LogP contribution is -2.25. The summed E-state index contributed by atoms with van der Waals surface area (Å²) in [4.78, 5) is 0. The Morgan fingerprint density at radius 2 is 1.92 bits per heavy atom. The maximum atomic E-state index is 12.7. The lowest BCUT2D eigenvalue weighted by molar-refractivity contribution is 0.00438. The van der Waals surface area contributed by atoms with Gasteiger partial charge in [-0.3, -0.25) is 0 Å². The van der Waals surface area contributed by atoms with E-state index in [1.54, 1.807) is 0 Å². The van der Waals surface area contributed by atoms with E-state index in [1.807, 2.05) is 0 Å². The lowest BCUT2D eigenvalue weighted by atomic mass is 9.97. The van der Waals surface area contributed by atoms with Crippen LogP contribution in [0.3, 0.4) is 0 Å². The van der Waals surface area contributed by atoms with Crippen molar-refractivity contribution in [1.82, 2.24) is 0 Å². The molecule has 1 unspecified atom stereocenters. The molecule has 2 saturated carbocycles. The van der Waals surface area contributed by atoms with E-state index in [9.17, 15) is 8.78 Å². The second kappa shape index (κ2) is 2.41. The molecule has 3 heteroatoms. The van der Waals surface area contributed by atoms with Gasteiger partial charge in [-0.15, -0.1) is 0 Å². The van der Waals surface area contributed by atoms with E-state index in [-0.39, 0.29) is 24.3 Å². The molecule has 0 aromatic heterocycles. The molecule has 0 spiro atoms. The lowest BCUT2D eigenvalue weighted by Gasteiger charge is -2.14. The molecule has 0 saturated heterocycles. The summed E-state index contributed by atoms with van der Waals surface area (Å²) in [6, 6.07) is 0. The Kier molecular flexibility index (Phi) is 1.69. The fraction of sp³-hybridized carbons (Fsp3) is 1.00. The molecule has 2 rings (SSSR count). The molecule has 0 aromatic carbocycles. The SMILES string of the molecule is NC1(CC2CCC(F)(F)C2)CC1. The second-order valence-corrected chi connectivity index (χ2v) is 4.53. The summed E-state index contributed by atoms with van der Waals surface area (Å²) >= 11 is 0. The van der Waals surface area contributed by atoms with E-state index in [2.05, 4.69) is 0 Å². The van der Waals surface area contributed by atoms with Gasteiger partial charge in [-0.25, -0.2) is 8.78 Å². The standard InChI is InChI=1S/C9H15F2N/c10-9(11)2-1-7(6-9)5-8(12)3-4-8/h7H,1-6,12H2. The fourth-order valence-electron chi connectivity index (χ4n) is 2.16. The fourth-order valence-corrected chi connectivity index (χ4v) is 2.16. The van der Waals surface area contributed by atoms with Crippen LogP contribution in [0, 0.1) is 5.92 Å². The molecular weight excluding hydrogens is 160 g/mol. The Hall–Kier alpha value is -0.180. The number of alkyl halides is 2. The normalized spacial score (nSPS) is 36.8. The molecule has 0 heterocycles. The molecule has 12 heavy (non-hydrogen) atoms. The largest absolute Gasteiger partial charge is 0.325 e. The molecule has 2 fully saturated rings.